The quantitative estimate of drug-likeness (QED) is 0.810. The molecule has 0 radical (unpaired) electrons. The van der Waals surface area contributed by atoms with Crippen LogP contribution in [-0.2, 0) is 6.54 Å². The lowest BCUT2D eigenvalue weighted by molar-refractivity contribution is 0.224. The smallest absolute Gasteiger partial charge is 0.0584 e. The first-order chi connectivity index (χ1) is 9.69. The molecule has 2 nitrogen and oxygen atoms in total. The van der Waals surface area contributed by atoms with Crippen molar-refractivity contribution in [3.8, 4) is 11.1 Å². The predicted molar refractivity (Wildman–Crippen MR) is 86.9 cm³/mol. The van der Waals surface area contributed by atoms with Gasteiger partial charge in [0.25, 0.3) is 0 Å². The summed E-state index contributed by atoms with van der Waals surface area (Å²) in [5.41, 5.74) is 2.53. The van der Waals surface area contributed by atoms with Crippen molar-refractivity contribution >= 4 is 11.3 Å². The van der Waals surface area contributed by atoms with Crippen LogP contribution in [-0.4, -0.2) is 17.8 Å². The summed E-state index contributed by atoms with van der Waals surface area (Å²) < 4.78 is 0. The van der Waals surface area contributed by atoms with Crippen LogP contribution < -0.4 is 5.32 Å². The topological polar surface area (TPSA) is 32.3 Å². The van der Waals surface area contributed by atoms with Gasteiger partial charge in [-0.2, -0.15) is 0 Å². The monoisotopic (exact) mass is 289 g/mol. The highest BCUT2D eigenvalue weighted by molar-refractivity contribution is 7.10. The zero-order valence-electron chi connectivity index (χ0n) is 12.2. The summed E-state index contributed by atoms with van der Waals surface area (Å²) in [6.45, 7) is 5.40. The predicted octanol–water partition coefficient (Wildman–Crippen LogP) is 3.91. The number of aliphatic hydroxyl groups excluding tert-OH is 1. The normalized spacial score (nSPS) is 12.8. The number of benzene rings is 1. The molecule has 20 heavy (non-hydrogen) atoms. The first kappa shape index (κ1) is 15.2. The molecular weight excluding hydrogens is 266 g/mol. The highest BCUT2D eigenvalue weighted by Crippen LogP contribution is 2.25. The van der Waals surface area contributed by atoms with Crippen LogP contribution in [0.1, 0.15) is 25.1 Å². The Morgan fingerprint density at radius 2 is 1.90 bits per heavy atom. The van der Waals surface area contributed by atoms with Crippen LogP contribution in [0.5, 0.6) is 0 Å². The van der Waals surface area contributed by atoms with Gasteiger partial charge in [0.1, 0.15) is 0 Å². The van der Waals surface area contributed by atoms with E-state index in [1.54, 1.807) is 11.3 Å². The van der Waals surface area contributed by atoms with Crippen LogP contribution in [0.25, 0.3) is 11.1 Å². The van der Waals surface area contributed by atoms with Crippen molar-refractivity contribution in [1.29, 1.82) is 0 Å². The summed E-state index contributed by atoms with van der Waals surface area (Å²) in [7, 11) is 0. The number of thiophene rings is 1. The Bertz CT molecular complexity index is 507. The molecule has 0 spiro atoms. The molecule has 0 bridgehead atoms. The molecule has 0 saturated carbocycles. The van der Waals surface area contributed by atoms with E-state index < -0.39 is 0 Å². The van der Waals surface area contributed by atoms with Crippen LogP contribution in [0.2, 0.25) is 0 Å². The van der Waals surface area contributed by atoms with E-state index in [1.807, 2.05) is 6.07 Å². The van der Waals surface area contributed by atoms with Gasteiger partial charge in [-0.15, -0.1) is 11.3 Å². The highest BCUT2D eigenvalue weighted by atomic mass is 32.1. The molecule has 108 valence electrons. The third-order valence-corrected chi connectivity index (χ3v) is 4.24. The van der Waals surface area contributed by atoms with E-state index in [2.05, 4.69) is 54.9 Å². The molecule has 1 atom stereocenters. The van der Waals surface area contributed by atoms with Crippen LogP contribution in [0, 0.1) is 5.92 Å². The van der Waals surface area contributed by atoms with Crippen LogP contribution in [0.4, 0.5) is 0 Å². The third kappa shape index (κ3) is 4.44. The van der Waals surface area contributed by atoms with Crippen molar-refractivity contribution in [3.05, 3.63) is 46.7 Å². The average Bonchev–Trinajstić information content (AvgIpc) is 2.93. The first-order valence-corrected chi connectivity index (χ1v) is 8.04. The summed E-state index contributed by atoms with van der Waals surface area (Å²) in [6.07, 6.45) is 1.01. The van der Waals surface area contributed by atoms with Gasteiger partial charge in [-0.05, 0) is 34.9 Å². The standard InChI is InChI=1S/C17H23NOS/c1-13(2)8-16(11-19)18-10-17-9-15(12-20-17)14-6-4-3-5-7-14/h3-7,9,12-13,16,18-19H,8,10-11H2,1-2H3. The molecule has 1 aromatic heterocycles. The van der Waals surface area contributed by atoms with Gasteiger partial charge >= 0.3 is 0 Å². The van der Waals surface area contributed by atoms with E-state index in [1.165, 1.54) is 16.0 Å². The van der Waals surface area contributed by atoms with Crippen molar-refractivity contribution in [1.82, 2.24) is 5.32 Å². The number of nitrogens with one attached hydrogen (secondary N) is 1. The Balaban J connectivity index is 1.93. The van der Waals surface area contributed by atoms with Crippen molar-refractivity contribution in [3.63, 3.8) is 0 Å². The zero-order valence-corrected chi connectivity index (χ0v) is 13.0. The lowest BCUT2D eigenvalue weighted by Gasteiger charge is -2.17. The van der Waals surface area contributed by atoms with Gasteiger partial charge in [-0.25, -0.2) is 0 Å². The van der Waals surface area contributed by atoms with Crippen LogP contribution in [0.3, 0.4) is 0 Å². The Labute approximate surface area is 125 Å². The molecule has 0 fully saturated rings. The van der Waals surface area contributed by atoms with Crippen molar-refractivity contribution in [2.75, 3.05) is 6.61 Å². The molecular formula is C17H23NOS. The molecule has 2 aromatic rings. The summed E-state index contributed by atoms with van der Waals surface area (Å²) in [5, 5.41) is 15.0. The van der Waals surface area contributed by atoms with Crippen LogP contribution >= 0.6 is 11.3 Å². The van der Waals surface area contributed by atoms with Crippen molar-refractivity contribution < 1.29 is 5.11 Å². The first-order valence-electron chi connectivity index (χ1n) is 7.16. The number of hydrogen-bond acceptors (Lipinski definition) is 3. The van der Waals surface area contributed by atoms with Gasteiger partial charge in [0.05, 0.1) is 6.61 Å². The number of hydrogen-bond donors (Lipinski definition) is 2. The Kier molecular flexibility index (Phi) is 5.77. The maximum atomic E-state index is 9.38. The van der Waals surface area contributed by atoms with Gasteiger partial charge < -0.3 is 10.4 Å². The average molecular weight is 289 g/mol. The third-order valence-electron chi connectivity index (χ3n) is 3.30. The summed E-state index contributed by atoms with van der Waals surface area (Å²) >= 11 is 1.77. The van der Waals surface area contributed by atoms with Gasteiger partial charge in [-0.3, -0.25) is 0 Å². The van der Waals surface area contributed by atoms with Crippen LogP contribution in [0.15, 0.2) is 41.8 Å². The maximum absolute atomic E-state index is 9.38. The molecule has 1 unspecified atom stereocenters. The lowest BCUT2D eigenvalue weighted by Crippen LogP contribution is -2.32. The largest absolute Gasteiger partial charge is 0.395 e. The molecule has 0 amide bonds. The summed E-state index contributed by atoms with van der Waals surface area (Å²) in [5.74, 6) is 0.600. The van der Waals surface area contributed by atoms with Gasteiger partial charge in [-0.1, -0.05) is 44.2 Å². The highest BCUT2D eigenvalue weighted by Gasteiger charge is 2.10. The van der Waals surface area contributed by atoms with Gasteiger partial charge in [0.15, 0.2) is 0 Å². The van der Waals surface area contributed by atoms with E-state index in [-0.39, 0.29) is 12.6 Å². The second-order valence-electron chi connectivity index (χ2n) is 5.56. The fraction of sp³-hybridized carbons (Fsp3) is 0.412. The van der Waals surface area contributed by atoms with Crippen molar-refractivity contribution in [2.45, 2.75) is 32.9 Å². The Morgan fingerprint density at radius 3 is 2.55 bits per heavy atom. The molecule has 0 aliphatic rings. The maximum Gasteiger partial charge on any atom is 0.0584 e. The second-order valence-corrected chi connectivity index (χ2v) is 6.55. The minimum atomic E-state index is 0.192. The molecule has 0 saturated heterocycles. The molecule has 2 N–H and O–H groups in total. The molecule has 1 heterocycles. The van der Waals surface area contributed by atoms with E-state index in [9.17, 15) is 5.11 Å². The molecule has 3 heteroatoms. The van der Waals surface area contributed by atoms with E-state index in [4.69, 9.17) is 0 Å². The molecule has 2 rings (SSSR count). The van der Waals surface area contributed by atoms with Gasteiger partial charge in [0, 0.05) is 17.5 Å². The number of aliphatic hydroxyl groups is 1. The SMILES string of the molecule is CC(C)CC(CO)NCc1cc(-c2ccccc2)cs1. The molecule has 0 aliphatic carbocycles. The Morgan fingerprint density at radius 1 is 1.15 bits per heavy atom. The Hall–Kier alpha value is -1.16. The minimum absolute atomic E-state index is 0.192. The second kappa shape index (κ2) is 7.58. The summed E-state index contributed by atoms with van der Waals surface area (Å²) in [4.78, 5) is 1.31. The van der Waals surface area contributed by atoms with E-state index >= 15 is 0 Å². The molecule has 1 aromatic carbocycles. The zero-order chi connectivity index (χ0) is 14.4. The molecule has 0 aliphatic heterocycles. The van der Waals surface area contributed by atoms with E-state index in [0.717, 1.165) is 13.0 Å². The fourth-order valence-corrected chi connectivity index (χ4v) is 3.14. The number of rotatable bonds is 7. The van der Waals surface area contributed by atoms with Gasteiger partial charge in [0.2, 0.25) is 0 Å². The van der Waals surface area contributed by atoms with E-state index in [0.29, 0.717) is 5.92 Å². The fourth-order valence-electron chi connectivity index (χ4n) is 2.29. The minimum Gasteiger partial charge on any atom is -0.395 e. The van der Waals surface area contributed by atoms with Crippen molar-refractivity contribution in [2.24, 2.45) is 5.92 Å². The summed E-state index contributed by atoms with van der Waals surface area (Å²) in [6, 6.07) is 12.9. The lowest BCUT2D eigenvalue weighted by atomic mass is 10.0.